The summed E-state index contributed by atoms with van der Waals surface area (Å²) in [5.74, 6) is -0.172. The minimum atomic E-state index is -0.873. The quantitative estimate of drug-likeness (QED) is 0.0326. The highest BCUT2D eigenvalue weighted by molar-refractivity contribution is 5.76. The molecule has 0 aliphatic heterocycles. The summed E-state index contributed by atoms with van der Waals surface area (Å²) in [7, 11) is 0. The standard InChI is InChI=1S/C49H91NO5/c1-3-5-7-9-11-13-15-16-17-18-19-20-21-22-23-27-31-35-39-43-49(54)55-44-40-36-32-28-24-26-30-34-38-42-48(53)50-46(45-51)47(52)41-37-33-29-25-14-12-10-8-6-4-2/h16-17,26,30,37,41,46-47,51-52H,3-15,18-25,27-29,31-36,38-40,42-45H2,1-2H3,(H,50,53)/b17-16-,30-26-,41-37+. The average molecular weight is 774 g/mol. The third-order valence-electron chi connectivity index (χ3n) is 10.6. The van der Waals surface area contributed by atoms with Crippen molar-refractivity contribution in [1.29, 1.82) is 0 Å². The molecule has 0 saturated heterocycles. The number of ether oxygens (including phenoxy) is 1. The number of hydrogen-bond acceptors (Lipinski definition) is 5. The number of carbonyl (C=O) groups excluding carboxylic acids is 2. The molecule has 0 bridgehead atoms. The molecule has 0 fully saturated rings. The Bertz CT molecular complexity index is 900. The number of hydrogen-bond donors (Lipinski definition) is 3. The largest absolute Gasteiger partial charge is 0.466 e. The summed E-state index contributed by atoms with van der Waals surface area (Å²) < 4.78 is 5.44. The molecule has 6 nitrogen and oxygen atoms in total. The highest BCUT2D eigenvalue weighted by Gasteiger charge is 2.17. The fourth-order valence-electron chi connectivity index (χ4n) is 6.92. The maximum absolute atomic E-state index is 12.3. The van der Waals surface area contributed by atoms with Crippen molar-refractivity contribution in [2.75, 3.05) is 13.2 Å². The molecule has 0 heterocycles. The number of nitrogens with one attached hydrogen (secondary N) is 1. The van der Waals surface area contributed by atoms with Gasteiger partial charge >= 0.3 is 5.97 Å². The van der Waals surface area contributed by atoms with Crippen LogP contribution in [0, 0.1) is 0 Å². The van der Waals surface area contributed by atoms with E-state index < -0.39 is 12.1 Å². The number of rotatable bonds is 43. The zero-order valence-electron chi connectivity index (χ0n) is 36.4. The number of allylic oxidation sites excluding steroid dienone is 5. The Balaban J connectivity index is 3.54. The Morgan fingerprint density at radius 3 is 1.33 bits per heavy atom. The molecule has 55 heavy (non-hydrogen) atoms. The normalized spacial score (nSPS) is 13.0. The van der Waals surface area contributed by atoms with Crippen molar-refractivity contribution in [1.82, 2.24) is 5.32 Å². The lowest BCUT2D eigenvalue weighted by Gasteiger charge is -2.19. The smallest absolute Gasteiger partial charge is 0.305 e. The third-order valence-corrected chi connectivity index (χ3v) is 10.6. The van der Waals surface area contributed by atoms with E-state index in [9.17, 15) is 19.8 Å². The average Bonchev–Trinajstić information content (AvgIpc) is 3.18. The van der Waals surface area contributed by atoms with Crippen LogP contribution in [0.3, 0.4) is 0 Å². The minimum Gasteiger partial charge on any atom is -0.466 e. The van der Waals surface area contributed by atoms with Crippen molar-refractivity contribution in [3.8, 4) is 0 Å². The molecule has 0 aliphatic carbocycles. The van der Waals surface area contributed by atoms with E-state index in [0.717, 1.165) is 70.6 Å². The lowest BCUT2D eigenvalue weighted by atomic mass is 10.1. The number of unbranched alkanes of at least 4 members (excludes halogenated alkanes) is 28. The van der Waals surface area contributed by atoms with Gasteiger partial charge in [0, 0.05) is 12.8 Å². The van der Waals surface area contributed by atoms with Crippen LogP contribution in [0.25, 0.3) is 0 Å². The lowest BCUT2D eigenvalue weighted by Crippen LogP contribution is -2.45. The summed E-state index contributed by atoms with van der Waals surface area (Å²) in [6.45, 7) is 4.77. The maximum atomic E-state index is 12.3. The molecule has 0 aromatic heterocycles. The first kappa shape index (κ1) is 53.1. The summed E-state index contributed by atoms with van der Waals surface area (Å²) in [5.41, 5.74) is 0. The first-order valence-electron chi connectivity index (χ1n) is 23.8. The van der Waals surface area contributed by atoms with Gasteiger partial charge in [0.15, 0.2) is 0 Å². The molecule has 3 N–H and O–H groups in total. The molecular formula is C49H91NO5. The lowest BCUT2D eigenvalue weighted by molar-refractivity contribution is -0.143. The summed E-state index contributed by atoms with van der Waals surface area (Å²) in [5, 5.41) is 22.8. The van der Waals surface area contributed by atoms with Crippen molar-refractivity contribution >= 4 is 11.9 Å². The first-order valence-corrected chi connectivity index (χ1v) is 23.8. The Morgan fingerprint density at radius 1 is 0.491 bits per heavy atom. The molecular weight excluding hydrogens is 683 g/mol. The summed E-state index contributed by atoms with van der Waals surface area (Å²) in [6.07, 6.45) is 52.9. The van der Waals surface area contributed by atoms with Gasteiger partial charge in [-0.15, -0.1) is 0 Å². The van der Waals surface area contributed by atoms with Crippen LogP contribution in [-0.4, -0.2) is 47.4 Å². The SMILES string of the molecule is CCCCCCCC/C=C\CCCCCCCCCCCC(=O)OCCCCCC/C=C\CCCC(=O)NC(CO)C(O)/C=C/CCCCCCCCCC. The van der Waals surface area contributed by atoms with Gasteiger partial charge in [0.05, 0.1) is 25.4 Å². The van der Waals surface area contributed by atoms with Crippen molar-refractivity contribution < 1.29 is 24.5 Å². The van der Waals surface area contributed by atoms with E-state index in [0.29, 0.717) is 19.4 Å². The van der Waals surface area contributed by atoms with Gasteiger partial charge in [0.1, 0.15) is 0 Å². The van der Waals surface area contributed by atoms with Crippen molar-refractivity contribution in [2.45, 2.75) is 251 Å². The van der Waals surface area contributed by atoms with E-state index in [4.69, 9.17) is 4.74 Å². The predicted octanol–water partition coefficient (Wildman–Crippen LogP) is 13.7. The fraction of sp³-hybridized carbons (Fsp3) is 0.837. The van der Waals surface area contributed by atoms with E-state index in [2.05, 4.69) is 43.5 Å². The van der Waals surface area contributed by atoms with Gasteiger partial charge in [-0.1, -0.05) is 185 Å². The molecule has 0 aromatic carbocycles. The molecule has 6 heteroatoms. The van der Waals surface area contributed by atoms with Crippen LogP contribution in [0.1, 0.15) is 239 Å². The Labute approximate surface area is 341 Å². The number of amides is 1. The topological polar surface area (TPSA) is 95.9 Å². The minimum absolute atomic E-state index is 0.0399. The van der Waals surface area contributed by atoms with Gasteiger partial charge < -0.3 is 20.3 Å². The Hall–Kier alpha value is -1.92. The van der Waals surface area contributed by atoms with E-state index >= 15 is 0 Å². The van der Waals surface area contributed by atoms with Crippen LogP contribution in [0.4, 0.5) is 0 Å². The van der Waals surface area contributed by atoms with Gasteiger partial charge in [-0.25, -0.2) is 0 Å². The summed E-state index contributed by atoms with van der Waals surface area (Å²) in [4.78, 5) is 24.4. The van der Waals surface area contributed by atoms with E-state index in [1.54, 1.807) is 6.08 Å². The third kappa shape index (κ3) is 41.5. The van der Waals surface area contributed by atoms with E-state index in [-0.39, 0.29) is 18.5 Å². The van der Waals surface area contributed by atoms with Crippen LogP contribution in [-0.2, 0) is 14.3 Å². The molecule has 1 amide bonds. The Kier molecular flexibility index (Phi) is 43.2. The molecule has 2 unspecified atom stereocenters. The highest BCUT2D eigenvalue weighted by Crippen LogP contribution is 2.14. The highest BCUT2D eigenvalue weighted by atomic mass is 16.5. The van der Waals surface area contributed by atoms with E-state index in [1.165, 1.54) is 141 Å². The van der Waals surface area contributed by atoms with Crippen LogP contribution in [0.15, 0.2) is 36.5 Å². The van der Waals surface area contributed by atoms with Gasteiger partial charge in [-0.05, 0) is 77.0 Å². The fourth-order valence-corrected chi connectivity index (χ4v) is 6.92. The van der Waals surface area contributed by atoms with Gasteiger partial charge in [0.25, 0.3) is 0 Å². The number of aliphatic hydroxyl groups excluding tert-OH is 2. The predicted molar refractivity (Wildman–Crippen MR) is 236 cm³/mol. The van der Waals surface area contributed by atoms with Crippen molar-refractivity contribution in [3.63, 3.8) is 0 Å². The van der Waals surface area contributed by atoms with Gasteiger partial charge in [0.2, 0.25) is 5.91 Å². The summed E-state index contributed by atoms with van der Waals surface area (Å²) in [6, 6.07) is -0.664. The molecule has 2 atom stereocenters. The van der Waals surface area contributed by atoms with Crippen molar-refractivity contribution in [3.05, 3.63) is 36.5 Å². The van der Waals surface area contributed by atoms with E-state index in [1.807, 2.05) is 6.08 Å². The number of carbonyl (C=O) groups is 2. The van der Waals surface area contributed by atoms with Crippen LogP contribution in [0.5, 0.6) is 0 Å². The molecule has 0 rings (SSSR count). The number of esters is 1. The zero-order chi connectivity index (χ0) is 40.1. The molecule has 0 aromatic rings. The summed E-state index contributed by atoms with van der Waals surface area (Å²) >= 11 is 0. The number of aliphatic hydroxyl groups is 2. The van der Waals surface area contributed by atoms with Crippen LogP contribution < -0.4 is 5.32 Å². The van der Waals surface area contributed by atoms with Crippen molar-refractivity contribution in [2.24, 2.45) is 0 Å². The molecule has 0 saturated carbocycles. The second-order valence-electron chi connectivity index (χ2n) is 16.1. The monoisotopic (exact) mass is 774 g/mol. The molecule has 322 valence electrons. The zero-order valence-corrected chi connectivity index (χ0v) is 36.4. The van der Waals surface area contributed by atoms with Gasteiger partial charge in [-0.2, -0.15) is 0 Å². The molecule has 0 aliphatic rings. The maximum Gasteiger partial charge on any atom is 0.305 e. The van der Waals surface area contributed by atoms with Crippen LogP contribution in [0.2, 0.25) is 0 Å². The van der Waals surface area contributed by atoms with Crippen LogP contribution >= 0.6 is 0 Å². The van der Waals surface area contributed by atoms with Gasteiger partial charge in [-0.3, -0.25) is 9.59 Å². The molecule has 0 spiro atoms. The molecule has 0 radical (unpaired) electrons. The Morgan fingerprint density at radius 2 is 0.873 bits per heavy atom. The second kappa shape index (κ2) is 44.8. The second-order valence-corrected chi connectivity index (χ2v) is 16.1. The first-order chi connectivity index (χ1) is 27.0.